The molecule has 0 rings (SSSR count). The molecule has 0 radical (unpaired) electrons. The second kappa shape index (κ2) is 10.6. The maximum Gasteiger partial charge on any atom is 0.460 e. The van der Waals surface area contributed by atoms with Gasteiger partial charge in [0.15, 0.2) is 0 Å². The van der Waals surface area contributed by atoms with Gasteiger partial charge in [0.25, 0.3) is 0 Å². The summed E-state index contributed by atoms with van der Waals surface area (Å²) in [5, 5.41) is 0. The zero-order valence-corrected chi connectivity index (χ0v) is 22.4. The summed E-state index contributed by atoms with van der Waals surface area (Å²) in [5.41, 5.74) is -1.12. The normalized spacial score (nSPS) is 17.1. The lowest BCUT2D eigenvalue weighted by atomic mass is 9.85. The highest BCUT2D eigenvalue weighted by Gasteiger charge is 2.97. The number of halogens is 22. The van der Waals surface area contributed by atoms with Crippen LogP contribution in [0.4, 0.5) is 92.2 Å². The summed E-state index contributed by atoms with van der Waals surface area (Å²) in [6.07, 6.45) is -11.0. The van der Waals surface area contributed by atoms with Crippen molar-refractivity contribution in [1.82, 2.24) is 0 Å². The van der Waals surface area contributed by atoms with Gasteiger partial charge in [0.1, 0.15) is 0 Å². The van der Waals surface area contributed by atoms with E-state index in [0.29, 0.717) is 0 Å². The summed E-state index contributed by atoms with van der Waals surface area (Å²) >= 11 is 0.804. The molecule has 0 fully saturated rings. The number of alkyl halides is 21. The predicted octanol–water partition coefficient (Wildman–Crippen LogP) is 10.8. The van der Waals surface area contributed by atoms with E-state index in [1.807, 2.05) is 0 Å². The molecular formula is C19H16F21I. The summed E-state index contributed by atoms with van der Waals surface area (Å²) in [4.78, 5) is 0. The van der Waals surface area contributed by atoms with Crippen LogP contribution in [-0.2, 0) is 0 Å². The molecule has 0 spiro atoms. The molecule has 0 aliphatic heterocycles. The Morgan fingerprint density at radius 1 is 0.415 bits per heavy atom. The van der Waals surface area contributed by atoms with Gasteiger partial charge in [0.2, 0.25) is 0 Å². The Balaban J connectivity index is 7.02. The molecule has 41 heavy (non-hydrogen) atoms. The third kappa shape index (κ3) is 6.04. The van der Waals surface area contributed by atoms with E-state index in [4.69, 9.17) is 0 Å². The van der Waals surface area contributed by atoms with Crippen LogP contribution in [0.15, 0.2) is 9.15 Å². The van der Waals surface area contributed by atoms with Crippen molar-refractivity contribution in [1.29, 1.82) is 0 Å². The molecule has 0 saturated carbocycles. The van der Waals surface area contributed by atoms with E-state index in [1.54, 1.807) is 0 Å². The van der Waals surface area contributed by atoms with E-state index in [1.165, 1.54) is 20.8 Å². The van der Waals surface area contributed by atoms with E-state index in [9.17, 15) is 92.2 Å². The Hall–Kier alpha value is -1.00. The number of hydrogen-bond acceptors (Lipinski definition) is 0. The van der Waals surface area contributed by atoms with Crippen LogP contribution in [0.2, 0.25) is 0 Å². The molecule has 0 atom stereocenters. The van der Waals surface area contributed by atoms with Gasteiger partial charge < -0.3 is 0 Å². The fourth-order valence-corrected chi connectivity index (χ4v) is 3.61. The molecule has 0 aliphatic rings. The van der Waals surface area contributed by atoms with Gasteiger partial charge in [-0.1, -0.05) is 26.3 Å². The lowest BCUT2D eigenvalue weighted by Crippen LogP contribution is -2.76. The van der Waals surface area contributed by atoms with E-state index < -0.39 is 74.9 Å². The standard InChI is InChI=1S/C19H16F21I/c1-7(5-9(2,3)4)8(41)6-10(20,21)11(22,23)12(24,25)13(26,27)14(28,29)15(30,31)16(32,33)17(34,35)18(36,37)19(38,39)40/h5-6H2,1-4H3/b8-7+. The lowest BCUT2D eigenvalue weighted by molar-refractivity contribution is -0.474. The molecule has 0 nitrogen and oxygen atoms in total. The SMILES string of the molecule is C/C(CC(C)(C)C)=C(\I)CC(F)(F)C(F)(F)C(F)(F)C(F)(F)C(F)(F)C(F)(F)C(F)(F)C(F)(F)C(F)(F)C(F)(F)F. The van der Waals surface area contributed by atoms with Crippen LogP contribution in [0.25, 0.3) is 0 Å². The highest BCUT2D eigenvalue weighted by atomic mass is 127. The minimum atomic E-state index is -9.16. The van der Waals surface area contributed by atoms with Gasteiger partial charge in [-0.25, -0.2) is 0 Å². The third-order valence-electron chi connectivity index (χ3n) is 5.21. The predicted molar refractivity (Wildman–Crippen MR) is 106 cm³/mol. The van der Waals surface area contributed by atoms with Crippen LogP contribution in [0.5, 0.6) is 0 Å². The molecule has 22 heteroatoms. The molecule has 246 valence electrons. The molecule has 0 unspecified atom stereocenters. The lowest BCUT2D eigenvalue weighted by Gasteiger charge is -2.44. The number of rotatable bonds is 11. The summed E-state index contributed by atoms with van der Waals surface area (Å²) < 4.78 is 281. The van der Waals surface area contributed by atoms with E-state index >= 15 is 0 Å². The van der Waals surface area contributed by atoms with Crippen molar-refractivity contribution in [2.75, 3.05) is 0 Å². The van der Waals surface area contributed by atoms with Gasteiger partial charge >= 0.3 is 59.5 Å². The molecule has 0 saturated heterocycles. The van der Waals surface area contributed by atoms with Crippen molar-refractivity contribution in [3.8, 4) is 0 Å². The monoisotopic (exact) mass is 770 g/mol. The van der Waals surface area contributed by atoms with Crippen LogP contribution >= 0.6 is 22.6 Å². The zero-order valence-electron chi connectivity index (χ0n) is 20.2. The summed E-state index contributed by atoms with van der Waals surface area (Å²) in [5.74, 6) is -76.7. The molecule has 0 aromatic carbocycles. The largest absolute Gasteiger partial charge is 0.460 e. The molecule has 0 amide bonds. The maximum atomic E-state index is 14.1. The summed E-state index contributed by atoms with van der Waals surface area (Å²) in [6, 6.07) is 0. The van der Waals surface area contributed by atoms with Gasteiger partial charge in [-0.05, 0) is 44.9 Å². The minimum absolute atomic E-state index is 0.268. The van der Waals surface area contributed by atoms with Crippen LogP contribution in [0.3, 0.4) is 0 Å². The Morgan fingerprint density at radius 2 is 0.659 bits per heavy atom. The van der Waals surface area contributed by atoms with Crippen molar-refractivity contribution in [3.63, 3.8) is 0 Å². The number of allylic oxidation sites excluding steroid dienone is 2. The van der Waals surface area contributed by atoms with Gasteiger partial charge in [-0.3, -0.25) is 0 Å². The molecule has 0 aromatic heterocycles. The topological polar surface area (TPSA) is 0 Å². The van der Waals surface area contributed by atoms with Crippen molar-refractivity contribution >= 4 is 22.6 Å². The van der Waals surface area contributed by atoms with Crippen LogP contribution < -0.4 is 0 Å². The molecule has 0 aromatic rings. The fraction of sp³-hybridized carbons (Fsp3) is 0.895. The smallest absolute Gasteiger partial charge is 0.199 e. The van der Waals surface area contributed by atoms with Crippen LogP contribution in [0, 0.1) is 5.41 Å². The molecule has 0 aliphatic carbocycles. The van der Waals surface area contributed by atoms with E-state index in [-0.39, 0.29) is 12.0 Å². The zero-order chi connectivity index (χ0) is 34.1. The second-order valence-electron chi connectivity index (χ2n) is 9.90. The van der Waals surface area contributed by atoms with Crippen molar-refractivity contribution in [3.05, 3.63) is 9.15 Å². The highest BCUT2D eigenvalue weighted by Crippen LogP contribution is 2.66. The van der Waals surface area contributed by atoms with Crippen molar-refractivity contribution in [2.24, 2.45) is 5.41 Å². The first-order valence-corrected chi connectivity index (χ1v) is 11.2. The first-order chi connectivity index (χ1) is 17.3. The van der Waals surface area contributed by atoms with E-state index in [2.05, 4.69) is 0 Å². The van der Waals surface area contributed by atoms with E-state index in [0.717, 1.165) is 29.5 Å². The fourth-order valence-electron chi connectivity index (χ4n) is 2.94. The number of hydrogen-bond donors (Lipinski definition) is 0. The van der Waals surface area contributed by atoms with Crippen LogP contribution in [0.1, 0.15) is 40.5 Å². The van der Waals surface area contributed by atoms with Gasteiger partial charge in [0.05, 0.1) is 0 Å². The first-order valence-electron chi connectivity index (χ1n) is 10.1. The average molecular weight is 770 g/mol. The molecule has 0 bridgehead atoms. The first kappa shape index (κ1) is 40.0. The second-order valence-corrected chi connectivity index (χ2v) is 11.2. The van der Waals surface area contributed by atoms with Gasteiger partial charge in [-0.15, -0.1) is 0 Å². The Morgan fingerprint density at radius 3 is 0.902 bits per heavy atom. The Labute approximate surface area is 229 Å². The summed E-state index contributed by atoms with van der Waals surface area (Å²) in [7, 11) is 0. The van der Waals surface area contributed by atoms with Gasteiger partial charge in [-0.2, -0.15) is 92.2 Å². The van der Waals surface area contributed by atoms with Crippen molar-refractivity contribution < 1.29 is 92.2 Å². The average Bonchev–Trinajstić information content (AvgIpc) is 2.69. The van der Waals surface area contributed by atoms with Gasteiger partial charge in [0, 0.05) is 6.42 Å². The quantitative estimate of drug-likeness (QED) is 0.145. The maximum absolute atomic E-state index is 14.1. The Bertz CT molecular complexity index is 980. The minimum Gasteiger partial charge on any atom is -0.199 e. The Kier molecular flexibility index (Phi) is 10.3. The van der Waals surface area contributed by atoms with Crippen molar-refractivity contribution in [2.45, 2.75) is 100 Å². The third-order valence-corrected chi connectivity index (χ3v) is 6.51. The molecule has 0 N–H and O–H groups in total. The molecule has 0 heterocycles. The summed E-state index contributed by atoms with van der Waals surface area (Å²) in [6.45, 7) is 5.21. The highest BCUT2D eigenvalue weighted by molar-refractivity contribution is 14.1. The molecular weight excluding hydrogens is 754 g/mol. The van der Waals surface area contributed by atoms with Crippen LogP contribution in [-0.4, -0.2) is 59.5 Å².